The Balaban J connectivity index is 1.99. The molecule has 1 aromatic rings. The van der Waals surface area contributed by atoms with Crippen molar-refractivity contribution in [3.63, 3.8) is 0 Å². The van der Waals surface area contributed by atoms with Crippen molar-refractivity contribution in [1.29, 1.82) is 0 Å². The van der Waals surface area contributed by atoms with Crippen LogP contribution in [0, 0.1) is 5.92 Å². The molecule has 1 fully saturated rings. The van der Waals surface area contributed by atoms with E-state index in [0.29, 0.717) is 12.1 Å². The third-order valence-electron chi connectivity index (χ3n) is 3.99. The van der Waals surface area contributed by atoms with Gasteiger partial charge in [0.1, 0.15) is 12.2 Å². The average molecular weight is 265 g/mol. The van der Waals surface area contributed by atoms with Gasteiger partial charge in [-0.2, -0.15) is 5.10 Å². The molecule has 1 aromatic heterocycles. The molecule has 0 saturated carbocycles. The minimum Gasteiger partial charge on any atom is -0.311 e. The number of piperazine rings is 1. The van der Waals surface area contributed by atoms with Crippen molar-refractivity contribution in [3.05, 3.63) is 12.2 Å². The molecule has 0 radical (unpaired) electrons. The van der Waals surface area contributed by atoms with Gasteiger partial charge in [-0.1, -0.05) is 20.8 Å². The highest BCUT2D eigenvalue weighted by Gasteiger charge is 2.27. The summed E-state index contributed by atoms with van der Waals surface area (Å²) in [6.07, 6.45) is 4.06. The Bertz CT molecular complexity index is 387. The molecular formula is C14H27N5. The molecule has 2 unspecified atom stereocenters. The van der Waals surface area contributed by atoms with Gasteiger partial charge in [-0.05, 0) is 18.8 Å². The molecule has 5 heteroatoms. The zero-order valence-electron chi connectivity index (χ0n) is 12.6. The summed E-state index contributed by atoms with van der Waals surface area (Å²) in [4.78, 5) is 6.92. The molecule has 1 N–H and O–H groups in total. The molecule has 5 nitrogen and oxygen atoms in total. The van der Waals surface area contributed by atoms with Crippen LogP contribution in [-0.4, -0.2) is 44.8 Å². The summed E-state index contributed by atoms with van der Waals surface area (Å²) in [6, 6.07) is 1.22. The summed E-state index contributed by atoms with van der Waals surface area (Å²) in [6.45, 7) is 9.96. The van der Waals surface area contributed by atoms with Crippen LogP contribution in [0.5, 0.6) is 0 Å². The van der Waals surface area contributed by atoms with Crippen LogP contribution in [0.15, 0.2) is 6.33 Å². The third-order valence-corrected chi connectivity index (χ3v) is 3.99. The number of nitrogens with one attached hydrogen (secondary N) is 1. The second-order valence-corrected chi connectivity index (χ2v) is 6.03. The summed E-state index contributed by atoms with van der Waals surface area (Å²) in [5.74, 6) is 1.80. The normalized spacial score (nSPS) is 25.1. The number of hydrogen-bond donors (Lipinski definition) is 1. The van der Waals surface area contributed by atoms with Gasteiger partial charge in [-0.3, -0.25) is 9.58 Å². The largest absolute Gasteiger partial charge is 0.311 e. The molecule has 2 atom stereocenters. The van der Waals surface area contributed by atoms with Gasteiger partial charge in [0.05, 0.1) is 6.54 Å². The first-order chi connectivity index (χ1) is 9.10. The van der Waals surface area contributed by atoms with Crippen LogP contribution < -0.4 is 5.32 Å². The van der Waals surface area contributed by atoms with Crippen molar-refractivity contribution in [2.75, 3.05) is 13.1 Å². The zero-order chi connectivity index (χ0) is 13.8. The lowest BCUT2D eigenvalue weighted by molar-refractivity contribution is 0.107. The minimum atomic E-state index is 0.607. The molecule has 0 amide bonds. The van der Waals surface area contributed by atoms with Crippen molar-refractivity contribution < 1.29 is 0 Å². The second-order valence-electron chi connectivity index (χ2n) is 6.03. The van der Waals surface area contributed by atoms with Crippen LogP contribution in [-0.2, 0) is 13.6 Å². The van der Waals surface area contributed by atoms with Crippen LogP contribution in [0.3, 0.4) is 0 Å². The quantitative estimate of drug-likeness (QED) is 0.874. The molecular weight excluding hydrogens is 238 g/mol. The summed E-state index contributed by atoms with van der Waals surface area (Å²) in [5.41, 5.74) is 0. The van der Waals surface area contributed by atoms with Crippen LogP contribution in [0.4, 0.5) is 0 Å². The van der Waals surface area contributed by atoms with Crippen LogP contribution in [0.25, 0.3) is 0 Å². The molecule has 108 valence electrons. The van der Waals surface area contributed by atoms with E-state index in [9.17, 15) is 0 Å². The molecule has 19 heavy (non-hydrogen) atoms. The third kappa shape index (κ3) is 3.76. The summed E-state index contributed by atoms with van der Waals surface area (Å²) in [5, 5.41) is 7.85. The molecule has 0 aliphatic carbocycles. The fraction of sp³-hybridized carbons (Fsp3) is 0.857. The number of aryl methyl sites for hydroxylation is 1. The Kier molecular flexibility index (Phi) is 4.93. The van der Waals surface area contributed by atoms with Crippen molar-refractivity contribution in [2.24, 2.45) is 13.0 Å². The van der Waals surface area contributed by atoms with Gasteiger partial charge in [0.25, 0.3) is 0 Å². The highest BCUT2D eigenvalue weighted by atomic mass is 15.3. The van der Waals surface area contributed by atoms with Gasteiger partial charge >= 0.3 is 0 Å². The Morgan fingerprint density at radius 2 is 2.26 bits per heavy atom. The monoisotopic (exact) mass is 265 g/mol. The van der Waals surface area contributed by atoms with E-state index in [2.05, 4.69) is 41.1 Å². The molecule has 1 saturated heterocycles. The highest BCUT2D eigenvalue weighted by Crippen LogP contribution is 2.17. The van der Waals surface area contributed by atoms with Gasteiger partial charge in [-0.25, -0.2) is 4.98 Å². The lowest BCUT2D eigenvalue weighted by Crippen LogP contribution is -2.56. The van der Waals surface area contributed by atoms with Crippen molar-refractivity contribution in [1.82, 2.24) is 25.0 Å². The first-order valence-electron chi connectivity index (χ1n) is 7.40. The molecule has 0 spiro atoms. The van der Waals surface area contributed by atoms with E-state index < -0.39 is 0 Å². The van der Waals surface area contributed by atoms with E-state index in [0.717, 1.165) is 31.4 Å². The lowest BCUT2D eigenvalue weighted by atomic mass is 9.99. The maximum atomic E-state index is 4.35. The topological polar surface area (TPSA) is 46.0 Å². The van der Waals surface area contributed by atoms with Crippen LogP contribution >= 0.6 is 0 Å². The predicted molar refractivity (Wildman–Crippen MR) is 76.7 cm³/mol. The average Bonchev–Trinajstić information content (AvgIpc) is 2.75. The molecule has 1 aliphatic heterocycles. The zero-order valence-corrected chi connectivity index (χ0v) is 12.6. The van der Waals surface area contributed by atoms with E-state index in [-0.39, 0.29) is 0 Å². The van der Waals surface area contributed by atoms with Crippen molar-refractivity contribution in [2.45, 2.75) is 52.2 Å². The van der Waals surface area contributed by atoms with Gasteiger partial charge < -0.3 is 5.32 Å². The summed E-state index contributed by atoms with van der Waals surface area (Å²) < 4.78 is 1.88. The number of hydrogen-bond acceptors (Lipinski definition) is 4. The smallest absolute Gasteiger partial charge is 0.140 e. The second kappa shape index (κ2) is 6.48. The highest BCUT2D eigenvalue weighted by molar-refractivity contribution is 4.91. The number of nitrogens with zero attached hydrogens (tertiary/aromatic N) is 4. The number of aromatic nitrogens is 3. The summed E-state index contributed by atoms with van der Waals surface area (Å²) in [7, 11) is 1.97. The van der Waals surface area contributed by atoms with E-state index in [4.69, 9.17) is 0 Å². The standard InChI is InChI=1S/C14H27N5/c1-5-13-7-15-12(6-11(2)3)8-19(13)9-14-16-10-17-18(14)4/h10-13,15H,5-9H2,1-4H3. The van der Waals surface area contributed by atoms with E-state index >= 15 is 0 Å². The number of rotatable bonds is 5. The summed E-state index contributed by atoms with van der Waals surface area (Å²) >= 11 is 0. The van der Waals surface area contributed by atoms with Gasteiger partial charge in [0, 0.05) is 32.2 Å². The lowest BCUT2D eigenvalue weighted by Gasteiger charge is -2.40. The van der Waals surface area contributed by atoms with Gasteiger partial charge in [0.2, 0.25) is 0 Å². The first kappa shape index (κ1) is 14.5. The Hall–Kier alpha value is -0.940. The predicted octanol–water partition coefficient (Wildman–Crippen LogP) is 1.41. The van der Waals surface area contributed by atoms with Gasteiger partial charge in [0.15, 0.2) is 0 Å². The molecule has 2 rings (SSSR count). The molecule has 0 aromatic carbocycles. The minimum absolute atomic E-state index is 0.607. The molecule has 2 heterocycles. The molecule has 1 aliphatic rings. The van der Waals surface area contributed by atoms with E-state index in [1.54, 1.807) is 6.33 Å². The first-order valence-corrected chi connectivity index (χ1v) is 7.40. The van der Waals surface area contributed by atoms with Crippen molar-refractivity contribution in [3.8, 4) is 0 Å². The molecule has 0 bridgehead atoms. The fourth-order valence-electron chi connectivity index (χ4n) is 2.90. The van der Waals surface area contributed by atoms with E-state index in [1.807, 2.05) is 11.7 Å². The SMILES string of the molecule is CCC1CNC(CC(C)C)CN1Cc1ncnn1C. The maximum Gasteiger partial charge on any atom is 0.140 e. The van der Waals surface area contributed by atoms with Crippen LogP contribution in [0.2, 0.25) is 0 Å². The Morgan fingerprint density at radius 3 is 2.84 bits per heavy atom. The fourth-order valence-corrected chi connectivity index (χ4v) is 2.90. The Labute approximate surface area is 116 Å². The van der Waals surface area contributed by atoms with Crippen molar-refractivity contribution >= 4 is 0 Å². The Morgan fingerprint density at radius 1 is 1.47 bits per heavy atom. The van der Waals surface area contributed by atoms with E-state index in [1.165, 1.54) is 12.8 Å². The van der Waals surface area contributed by atoms with Gasteiger partial charge in [-0.15, -0.1) is 0 Å². The maximum absolute atomic E-state index is 4.35. The van der Waals surface area contributed by atoms with Crippen LogP contribution in [0.1, 0.15) is 39.4 Å².